The fraction of sp³-hybridized carbons (Fsp3) is 0.0455. The van der Waals surface area contributed by atoms with Crippen molar-refractivity contribution in [2.45, 2.75) is 6.92 Å². The zero-order valence-electron chi connectivity index (χ0n) is 15.1. The third-order valence-electron chi connectivity index (χ3n) is 4.21. The van der Waals surface area contributed by atoms with Gasteiger partial charge < -0.3 is 10.1 Å². The molecule has 0 aliphatic heterocycles. The first kappa shape index (κ1) is 17.5. The van der Waals surface area contributed by atoms with Gasteiger partial charge in [-0.05, 0) is 48.9 Å². The number of carbonyl (C=O) groups is 1. The van der Waals surface area contributed by atoms with Crippen LogP contribution in [-0.2, 0) is 0 Å². The molecular weight excluding hydrogens is 354 g/mol. The summed E-state index contributed by atoms with van der Waals surface area (Å²) >= 11 is 0. The van der Waals surface area contributed by atoms with E-state index in [0.29, 0.717) is 22.8 Å². The van der Waals surface area contributed by atoms with Crippen LogP contribution in [0.15, 0.2) is 83.9 Å². The number of amides is 1. The van der Waals surface area contributed by atoms with Gasteiger partial charge in [-0.15, -0.1) is 0 Å². The molecule has 0 aliphatic carbocycles. The first-order valence-electron chi connectivity index (χ1n) is 8.73. The number of aryl methyl sites for hydroxylation is 1. The van der Waals surface area contributed by atoms with Gasteiger partial charge in [-0.2, -0.15) is 0 Å². The number of pyridine rings is 1. The van der Waals surface area contributed by atoms with Gasteiger partial charge in [0.2, 0.25) is 0 Å². The topological polar surface area (TPSA) is 72.7 Å². The molecule has 6 heteroatoms. The van der Waals surface area contributed by atoms with E-state index in [-0.39, 0.29) is 5.56 Å². The third kappa shape index (κ3) is 3.48. The van der Waals surface area contributed by atoms with Crippen LogP contribution in [0.2, 0.25) is 0 Å². The second-order valence-electron chi connectivity index (χ2n) is 6.27. The quantitative estimate of drug-likeness (QED) is 0.587. The molecular formula is C22H17N3O3. The number of nitrogens with one attached hydrogen (secondary N) is 1. The van der Waals surface area contributed by atoms with Gasteiger partial charge >= 0.3 is 0 Å². The summed E-state index contributed by atoms with van der Waals surface area (Å²) in [5.41, 5.74) is 1.53. The van der Waals surface area contributed by atoms with Gasteiger partial charge in [0.15, 0.2) is 5.75 Å². The zero-order valence-corrected chi connectivity index (χ0v) is 15.1. The summed E-state index contributed by atoms with van der Waals surface area (Å²) in [7, 11) is 0. The van der Waals surface area contributed by atoms with Crippen LogP contribution in [0, 0.1) is 6.92 Å². The highest BCUT2D eigenvalue weighted by molar-refractivity contribution is 6.04. The van der Waals surface area contributed by atoms with E-state index in [0.717, 1.165) is 5.56 Å². The van der Waals surface area contributed by atoms with Gasteiger partial charge in [-0.3, -0.25) is 14.0 Å². The second-order valence-corrected chi connectivity index (χ2v) is 6.27. The lowest BCUT2D eigenvalue weighted by Gasteiger charge is -2.12. The Kier molecular flexibility index (Phi) is 4.60. The lowest BCUT2D eigenvalue weighted by molar-refractivity contribution is 0.102. The first-order chi connectivity index (χ1) is 13.6. The number of hydrogen-bond acceptors (Lipinski definition) is 4. The van der Waals surface area contributed by atoms with Gasteiger partial charge in [0.25, 0.3) is 11.5 Å². The maximum Gasteiger partial charge on any atom is 0.270 e. The van der Waals surface area contributed by atoms with Crippen LogP contribution in [0.25, 0.3) is 5.65 Å². The Labute approximate surface area is 161 Å². The lowest BCUT2D eigenvalue weighted by Crippen LogP contribution is -2.26. The number of rotatable bonds is 4. The standard InChI is InChI=1S/C22H17N3O3/c1-15-7-6-8-16(13-15)28-19-10-3-2-9-18(19)24-21(26)17-14-23-20-11-4-5-12-25(20)22(17)27/h2-14H,1H3,(H,24,26). The number of benzene rings is 2. The number of fused-ring (bicyclic) bond motifs is 1. The summed E-state index contributed by atoms with van der Waals surface area (Å²) in [5, 5.41) is 2.75. The third-order valence-corrected chi connectivity index (χ3v) is 4.21. The average molecular weight is 371 g/mol. The highest BCUT2D eigenvalue weighted by Gasteiger charge is 2.15. The molecule has 138 valence electrons. The maximum atomic E-state index is 12.7. The number of ether oxygens (including phenoxy) is 1. The van der Waals surface area contributed by atoms with E-state index < -0.39 is 11.5 Å². The average Bonchev–Trinajstić information content (AvgIpc) is 2.70. The van der Waals surface area contributed by atoms with Crippen LogP contribution in [0.4, 0.5) is 5.69 Å². The Balaban J connectivity index is 1.64. The molecule has 0 saturated carbocycles. The smallest absolute Gasteiger partial charge is 0.270 e. The normalized spacial score (nSPS) is 10.6. The van der Waals surface area contributed by atoms with Crippen molar-refractivity contribution in [2.75, 3.05) is 5.32 Å². The van der Waals surface area contributed by atoms with Crippen molar-refractivity contribution in [3.63, 3.8) is 0 Å². The van der Waals surface area contributed by atoms with Gasteiger partial charge in [0.05, 0.1) is 5.69 Å². The molecule has 0 saturated heterocycles. The molecule has 0 spiro atoms. The molecule has 0 bridgehead atoms. The summed E-state index contributed by atoms with van der Waals surface area (Å²) in [6.07, 6.45) is 2.87. The molecule has 4 rings (SSSR count). The van der Waals surface area contributed by atoms with Gasteiger partial charge in [-0.25, -0.2) is 4.98 Å². The van der Waals surface area contributed by atoms with Crippen molar-refractivity contribution in [3.8, 4) is 11.5 Å². The Bertz CT molecular complexity index is 1230. The van der Waals surface area contributed by atoms with Crippen LogP contribution < -0.4 is 15.6 Å². The Morgan fingerprint density at radius 3 is 2.71 bits per heavy atom. The lowest BCUT2D eigenvalue weighted by atomic mass is 10.2. The summed E-state index contributed by atoms with van der Waals surface area (Å²) in [4.78, 5) is 29.5. The van der Waals surface area contributed by atoms with Gasteiger partial charge in [-0.1, -0.05) is 30.3 Å². The van der Waals surface area contributed by atoms with Crippen LogP contribution in [0.5, 0.6) is 11.5 Å². The molecule has 0 aliphatic rings. The summed E-state index contributed by atoms with van der Waals surface area (Å²) in [5.74, 6) is 0.598. The predicted octanol–water partition coefficient (Wildman–Crippen LogP) is 4.05. The highest BCUT2D eigenvalue weighted by atomic mass is 16.5. The monoisotopic (exact) mass is 371 g/mol. The minimum Gasteiger partial charge on any atom is -0.455 e. The molecule has 0 atom stereocenters. The number of hydrogen-bond donors (Lipinski definition) is 1. The Morgan fingerprint density at radius 1 is 1.04 bits per heavy atom. The van der Waals surface area contributed by atoms with Crippen LogP contribution in [0.3, 0.4) is 0 Å². The highest BCUT2D eigenvalue weighted by Crippen LogP contribution is 2.29. The largest absolute Gasteiger partial charge is 0.455 e. The van der Waals surface area contributed by atoms with E-state index in [1.807, 2.05) is 37.3 Å². The maximum absolute atomic E-state index is 12.7. The molecule has 0 radical (unpaired) electrons. The van der Waals surface area contributed by atoms with Crippen LogP contribution in [0.1, 0.15) is 15.9 Å². The molecule has 4 aromatic rings. The van der Waals surface area contributed by atoms with E-state index >= 15 is 0 Å². The SMILES string of the molecule is Cc1cccc(Oc2ccccc2NC(=O)c2cnc3ccccn3c2=O)c1. The zero-order chi connectivity index (χ0) is 19.5. The number of carbonyl (C=O) groups excluding carboxylic acids is 1. The molecule has 0 unspecified atom stereocenters. The summed E-state index contributed by atoms with van der Waals surface area (Å²) in [6, 6.07) is 19.9. The second kappa shape index (κ2) is 7.36. The van der Waals surface area contributed by atoms with E-state index in [1.54, 1.807) is 42.6 Å². The van der Waals surface area contributed by atoms with Crippen LogP contribution in [-0.4, -0.2) is 15.3 Å². The van der Waals surface area contributed by atoms with E-state index in [9.17, 15) is 9.59 Å². The van der Waals surface area contributed by atoms with E-state index in [1.165, 1.54) is 10.6 Å². The van der Waals surface area contributed by atoms with E-state index in [2.05, 4.69) is 10.3 Å². The minimum atomic E-state index is -0.545. The van der Waals surface area contributed by atoms with Crippen molar-refractivity contribution in [2.24, 2.45) is 0 Å². The van der Waals surface area contributed by atoms with Crippen molar-refractivity contribution in [1.82, 2.24) is 9.38 Å². The number of nitrogens with zero attached hydrogens (tertiary/aromatic N) is 2. The predicted molar refractivity (Wildman–Crippen MR) is 107 cm³/mol. The number of aromatic nitrogens is 2. The molecule has 1 amide bonds. The number of para-hydroxylation sites is 2. The van der Waals surface area contributed by atoms with Gasteiger partial charge in [0.1, 0.15) is 17.0 Å². The molecule has 2 aromatic heterocycles. The molecule has 2 aromatic carbocycles. The van der Waals surface area contributed by atoms with Crippen molar-refractivity contribution in [3.05, 3.63) is 101 Å². The number of anilines is 1. The minimum absolute atomic E-state index is 0.0472. The molecule has 6 nitrogen and oxygen atoms in total. The molecule has 0 fully saturated rings. The first-order valence-corrected chi connectivity index (χ1v) is 8.73. The Hall–Kier alpha value is -3.93. The summed E-state index contributed by atoms with van der Waals surface area (Å²) < 4.78 is 7.25. The Morgan fingerprint density at radius 2 is 1.86 bits per heavy atom. The molecule has 2 heterocycles. The van der Waals surface area contributed by atoms with E-state index in [4.69, 9.17) is 4.74 Å². The van der Waals surface area contributed by atoms with Gasteiger partial charge in [0, 0.05) is 12.4 Å². The summed E-state index contributed by atoms with van der Waals surface area (Å²) in [6.45, 7) is 1.97. The van der Waals surface area contributed by atoms with Crippen LogP contribution >= 0.6 is 0 Å². The van der Waals surface area contributed by atoms with Crippen molar-refractivity contribution < 1.29 is 9.53 Å². The fourth-order valence-corrected chi connectivity index (χ4v) is 2.84. The fourth-order valence-electron chi connectivity index (χ4n) is 2.84. The molecule has 1 N–H and O–H groups in total. The molecule has 28 heavy (non-hydrogen) atoms. The van der Waals surface area contributed by atoms with Crippen molar-refractivity contribution in [1.29, 1.82) is 0 Å². The van der Waals surface area contributed by atoms with Crippen molar-refractivity contribution >= 4 is 17.2 Å².